The molecule has 0 unspecified atom stereocenters. The number of benzene rings is 1. The monoisotopic (exact) mass is 442 g/mol. The number of rotatable bonds is 5. The number of anilines is 1. The number of nitrogens with zero attached hydrogens (tertiary/aromatic N) is 3. The lowest BCUT2D eigenvalue weighted by atomic mass is 9.87. The van der Waals surface area contributed by atoms with Gasteiger partial charge in [0.1, 0.15) is 12.2 Å². The second-order valence-electron chi connectivity index (χ2n) is 9.50. The van der Waals surface area contributed by atoms with Crippen LogP contribution in [0.2, 0.25) is 0 Å². The van der Waals surface area contributed by atoms with Gasteiger partial charge in [-0.1, -0.05) is 30.9 Å². The Hall–Kier alpha value is -3.30. The van der Waals surface area contributed by atoms with Crippen LogP contribution in [-0.2, 0) is 6.61 Å². The fraction of sp³-hybridized carbons (Fsp3) is 0.407. The Labute approximate surface area is 194 Å². The van der Waals surface area contributed by atoms with E-state index in [1.165, 1.54) is 25.7 Å². The van der Waals surface area contributed by atoms with Crippen LogP contribution in [0.3, 0.4) is 0 Å². The van der Waals surface area contributed by atoms with Crippen molar-refractivity contribution in [1.82, 2.24) is 14.8 Å². The van der Waals surface area contributed by atoms with Gasteiger partial charge in [-0.25, -0.2) is 4.98 Å². The quantitative estimate of drug-likeness (QED) is 0.558. The third-order valence-electron chi connectivity index (χ3n) is 6.66. The molecule has 0 saturated heterocycles. The van der Waals surface area contributed by atoms with Crippen LogP contribution in [-0.4, -0.2) is 25.5 Å². The molecular formula is C27H30N4O2. The summed E-state index contributed by atoms with van der Waals surface area (Å²) in [7, 11) is 0. The van der Waals surface area contributed by atoms with Crippen molar-refractivity contribution in [2.24, 2.45) is 5.92 Å². The Morgan fingerprint density at radius 3 is 2.76 bits per heavy atom. The van der Waals surface area contributed by atoms with E-state index in [4.69, 9.17) is 10.5 Å². The Morgan fingerprint density at radius 1 is 1.15 bits per heavy atom. The van der Waals surface area contributed by atoms with Crippen molar-refractivity contribution in [3.8, 4) is 28.7 Å². The predicted molar refractivity (Wildman–Crippen MR) is 128 cm³/mol. The lowest BCUT2D eigenvalue weighted by molar-refractivity contribution is 0.212. The smallest absolute Gasteiger partial charge is 0.166 e. The van der Waals surface area contributed by atoms with Crippen molar-refractivity contribution in [2.75, 3.05) is 5.73 Å². The first-order valence-electron chi connectivity index (χ1n) is 11.7. The molecule has 0 spiro atoms. The molecule has 2 fully saturated rings. The largest absolute Gasteiger partial charge is 0.485 e. The molecule has 2 aliphatic carbocycles. The van der Waals surface area contributed by atoms with Gasteiger partial charge in [-0.3, -0.25) is 4.68 Å². The third kappa shape index (κ3) is 5.20. The molecule has 0 bridgehead atoms. The number of hydrogen-bond donors (Lipinski definition) is 2. The highest BCUT2D eigenvalue weighted by Crippen LogP contribution is 2.34. The first kappa shape index (κ1) is 21.5. The molecule has 2 heterocycles. The summed E-state index contributed by atoms with van der Waals surface area (Å²) < 4.78 is 8.12. The van der Waals surface area contributed by atoms with Crippen molar-refractivity contribution in [3.63, 3.8) is 0 Å². The average Bonchev–Trinajstić information content (AvgIpc) is 3.36. The summed E-state index contributed by atoms with van der Waals surface area (Å²) in [5.74, 6) is 7.72. The number of nitrogen functional groups attached to an aromatic ring is 1. The molecule has 0 aliphatic heterocycles. The molecule has 170 valence electrons. The highest BCUT2D eigenvalue weighted by molar-refractivity contribution is 5.65. The lowest BCUT2D eigenvalue weighted by Crippen LogP contribution is -2.16. The van der Waals surface area contributed by atoms with Crippen LogP contribution < -0.4 is 10.5 Å². The summed E-state index contributed by atoms with van der Waals surface area (Å²) in [6.45, 7) is 2.68. The van der Waals surface area contributed by atoms with Gasteiger partial charge in [0.05, 0.1) is 12.2 Å². The van der Waals surface area contributed by atoms with Gasteiger partial charge < -0.3 is 15.6 Å². The molecule has 6 nitrogen and oxygen atoms in total. The number of pyridine rings is 1. The first-order valence-corrected chi connectivity index (χ1v) is 11.7. The Kier molecular flexibility index (Phi) is 5.82. The van der Waals surface area contributed by atoms with Crippen LogP contribution in [0.15, 0.2) is 48.9 Å². The maximum absolute atomic E-state index is 9.92. The van der Waals surface area contributed by atoms with Crippen molar-refractivity contribution < 1.29 is 9.84 Å². The van der Waals surface area contributed by atoms with Crippen LogP contribution in [0.4, 0.5) is 5.82 Å². The van der Waals surface area contributed by atoms with E-state index in [9.17, 15) is 5.11 Å². The number of aromatic nitrogens is 3. The van der Waals surface area contributed by atoms with E-state index < -0.39 is 5.60 Å². The van der Waals surface area contributed by atoms with Gasteiger partial charge in [0, 0.05) is 29.1 Å². The number of aliphatic hydroxyl groups is 1. The Bertz CT molecular complexity index is 1190. The van der Waals surface area contributed by atoms with Crippen LogP contribution in [0.25, 0.3) is 11.1 Å². The highest BCUT2D eigenvalue weighted by atomic mass is 16.5. The van der Waals surface area contributed by atoms with E-state index >= 15 is 0 Å². The fourth-order valence-corrected chi connectivity index (χ4v) is 4.25. The summed E-state index contributed by atoms with van der Waals surface area (Å²) in [4.78, 5) is 4.35. The topological polar surface area (TPSA) is 86.2 Å². The SMILES string of the molecule is CC1CCC(n2cc(-c3cnc(N)c(OCc4cccc(C#CC5(O)CC5)c4)c3)cn2)CC1. The number of hydrogen-bond acceptors (Lipinski definition) is 5. The van der Waals surface area contributed by atoms with Crippen LogP contribution in [0.5, 0.6) is 5.75 Å². The van der Waals surface area contributed by atoms with Crippen molar-refractivity contribution in [2.45, 2.75) is 63.7 Å². The van der Waals surface area contributed by atoms with Crippen molar-refractivity contribution in [1.29, 1.82) is 0 Å². The van der Waals surface area contributed by atoms with Gasteiger partial charge in [-0.15, -0.1) is 0 Å². The minimum atomic E-state index is -0.781. The van der Waals surface area contributed by atoms with E-state index in [2.05, 4.69) is 39.7 Å². The molecule has 2 saturated carbocycles. The van der Waals surface area contributed by atoms with E-state index in [1.807, 2.05) is 36.5 Å². The van der Waals surface area contributed by atoms with Crippen LogP contribution in [0.1, 0.15) is 62.6 Å². The van der Waals surface area contributed by atoms with Crippen molar-refractivity contribution in [3.05, 3.63) is 60.0 Å². The molecule has 6 heteroatoms. The zero-order valence-corrected chi connectivity index (χ0v) is 19.0. The molecule has 33 heavy (non-hydrogen) atoms. The molecule has 0 atom stereocenters. The summed E-state index contributed by atoms with van der Waals surface area (Å²) in [6, 6.07) is 10.2. The summed E-state index contributed by atoms with van der Waals surface area (Å²) in [6.07, 6.45) is 12.2. The summed E-state index contributed by atoms with van der Waals surface area (Å²) >= 11 is 0. The number of nitrogens with two attached hydrogens (primary N) is 1. The minimum Gasteiger partial charge on any atom is -0.485 e. The van der Waals surface area contributed by atoms with Crippen molar-refractivity contribution >= 4 is 5.82 Å². The molecular weight excluding hydrogens is 412 g/mol. The second kappa shape index (κ2) is 8.92. The predicted octanol–water partition coefficient (Wildman–Crippen LogP) is 4.73. The molecule has 0 radical (unpaired) electrons. The molecule has 2 aliphatic rings. The zero-order chi connectivity index (χ0) is 22.8. The average molecular weight is 443 g/mol. The molecule has 5 rings (SSSR count). The third-order valence-corrected chi connectivity index (χ3v) is 6.66. The second-order valence-corrected chi connectivity index (χ2v) is 9.50. The standard InChI is InChI=1S/C27H30N4O2/c1-19-5-7-24(8-6-19)31-17-23(16-30-31)22-14-25(26(28)29-15-22)33-18-21-4-2-3-20(13-21)9-10-27(32)11-12-27/h2-4,13-17,19,24,32H,5-8,11-12,18H2,1H3,(H2,28,29). The highest BCUT2D eigenvalue weighted by Gasteiger charge is 2.38. The van der Waals surface area contributed by atoms with Gasteiger partial charge in [0.25, 0.3) is 0 Å². The van der Waals surface area contributed by atoms with Gasteiger partial charge >= 0.3 is 0 Å². The normalized spacial score (nSPS) is 21.2. The molecule has 3 N–H and O–H groups in total. The maximum atomic E-state index is 9.92. The van der Waals surface area contributed by atoms with E-state index in [-0.39, 0.29) is 0 Å². The summed E-state index contributed by atoms with van der Waals surface area (Å²) in [5.41, 5.74) is 9.10. The Morgan fingerprint density at radius 2 is 1.97 bits per heavy atom. The number of ether oxygens (including phenoxy) is 1. The Balaban J connectivity index is 1.27. The molecule has 3 aromatic rings. The fourth-order valence-electron chi connectivity index (χ4n) is 4.25. The molecule has 2 aromatic heterocycles. The van der Waals surface area contributed by atoms with E-state index in [1.54, 1.807) is 6.20 Å². The van der Waals surface area contributed by atoms with E-state index in [0.717, 1.165) is 41.0 Å². The first-order chi connectivity index (χ1) is 16.0. The van der Waals surface area contributed by atoms with Gasteiger partial charge in [-0.2, -0.15) is 5.10 Å². The maximum Gasteiger partial charge on any atom is 0.166 e. The van der Waals surface area contributed by atoms with Crippen LogP contribution >= 0.6 is 0 Å². The van der Waals surface area contributed by atoms with E-state index in [0.29, 0.717) is 24.2 Å². The summed E-state index contributed by atoms with van der Waals surface area (Å²) in [5, 5.41) is 14.5. The molecule has 1 aromatic carbocycles. The van der Waals surface area contributed by atoms with Crippen LogP contribution in [0, 0.1) is 17.8 Å². The zero-order valence-electron chi connectivity index (χ0n) is 19.0. The van der Waals surface area contributed by atoms with Gasteiger partial charge in [0.15, 0.2) is 11.6 Å². The minimum absolute atomic E-state index is 0.356. The van der Waals surface area contributed by atoms with Gasteiger partial charge in [-0.05, 0) is 68.2 Å². The van der Waals surface area contributed by atoms with Gasteiger partial charge in [0.2, 0.25) is 0 Å². The molecule has 0 amide bonds. The lowest BCUT2D eigenvalue weighted by Gasteiger charge is -2.26.